The van der Waals surface area contributed by atoms with E-state index in [1.807, 2.05) is 12.1 Å². The maximum Gasteiger partial charge on any atom is 0.258 e. The molecule has 0 spiro atoms. The average molecular weight is 426 g/mol. The van der Waals surface area contributed by atoms with E-state index in [0.29, 0.717) is 16.5 Å². The van der Waals surface area contributed by atoms with E-state index in [-0.39, 0.29) is 12.2 Å². The topological polar surface area (TPSA) is 72.3 Å². The van der Waals surface area contributed by atoms with Gasteiger partial charge >= 0.3 is 0 Å². The van der Waals surface area contributed by atoms with Gasteiger partial charge in [0.1, 0.15) is 18.2 Å². The highest BCUT2D eigenvalue weighted by atomic mass is 35.5. The van der Waals surface area contributed by atoms with Crippen LogP contribution < -0.4 is 15.6 Å². The lowest BCUT2D eigenvalue weighted by molar-refractivity contribution is 0.300. The van der Waals surface area contributed by atoms with Crippen LogP contribution in [-0.2, 0) is 6.61 Å². The Hall–Kier alpha value is -2.90. The van der Waals surface area contributed by atoms with E-state index >= 15 is 0 Å². The zero-order valence-electron chi connectivity index (χ0n) is 16.6. The molecule has 1 fully saturated rings. The maximum absolute atomic E-state index is 12.5. The molecule has 0 aromatic carbocycles. The zero-order chi connectivity index (χ0) is 20.8. The van der Waals surface area contributed by atoms with Crippen LogP contribution in [0.4, 0.5) is 5.82 Å². The molecule has 4 rings (SSSR count). The van der Waals surface area contributed by atoms with Crippen molar-refractivity contribution in [2.45, 2.75) is 19.4 Å². The second kappa shape index (κ2) is 9.73. The largest absolute Gasteiger partial charge is 0.487 e. The molecule has 1 N–H and O–H groups in total. The monoisotopic (exact) mass is 425 g/mol. The molecule has 7 nitrogen and oxygen atoms in total. The molecule has 8 heteroatoms. The van der Waals surface area contributed by atoms with Gasteiger partial charge in [0, 0.05) is 31.5 Å². The highest BCUT2D eigenvalue weighted by Crippen LogP contribution is 2.14. The van der Waals surface area contributed by atoms with Gasteiger partial charge in [-0.15, -0.1) is 0 Å². The first-order valence-corrected chi connectivity index (χ1v) is 10.4. The smallest absolute Gasteiger partial charge is 0.258 e. The predicted octanol–water partition coefficient (Wildman–Crippen LogP) is 3.37. The number of hydrogen-bond donors (Lipinski definition) is 1. The Balaban J connectivity index is 1.34. The van der Waals surface area contributed by atoms with Crippen LogP contribution in [0, 0.1) is 0 Å². The molecule has 0 unspecified atom stereocenters. The van der Waals surface area contributed by atoms with Crippen molar-refractivity contribution in [2.24, 2.45) is 0 Å². The molecule has 156 valence electrons. The van der Waals surface area contributed by atoms with Crippen LogP contribution >= 0.6 is 11.6 Å². The van der Waals surface area contributed by atoms with Gasteiger partial charge in [-0.25, -0.2) is 4.98 Å². The van der Waals surface area contributed by atoms with E-state index < -0.39 is 0 Å². The normalized spacial score (nSPS) is 14.0. The first-order valence-electron chi connectivity index (χ1n) is 10.1. The number of anilines is 1. The summed E-state index contributed by atoms with van der Waals surface area (Å²) in [4.78, 5) is 23.6. The van der Waals surface area contributed by atoms with Crippen LogP contribution in [0.1, 0.15) is 18.5 Å². The molecular formula is C22H24ClN5O2. The van der Waals surface area contributed by atoms with Crippen molar-refractivity contribution in [1.82, 2.24) is 19.4 Å². The standard InChI is InChI=1S/C22H24ClN5O2/c23-17-3-4-18(25-14-17)16-30-20-7-11-28(22(29)13-20)19-5-6-21(26-15-19)24-8-12-27-9-1-2-10-27/h3-7,11,13-15H,1-2,8-10,12,16H2,(H,24,26). The number of likely N-dealkylation sites (tertiary alicyclic amines) is 1. The van der Waals surface area contributed by atoms with Crippen molar-refractivity contribution < 1.29 is 4.74 Å². The van der Waals surface area contributed by atoms with Gasteiger partial charge in [0.05, 0.1) is 22.6 Å². The van der Waals surface area contributed by atoms with E-state index in [0.717, 1.165) is 24.6 Å². The SMILES string of the molecule is O=c1cc(OCc2ccc(Cl)cn2)ccn1-c1ccc(NCCN2CCCC2)nc1. The van der Waals surface area contributed by atoms with Crippen LogP contribution in [0.15, 0.2) is 59.8 Å². The van der Waals surface area contributed by atoms with E-state index in [1.165, 1.54) is 36.6 Å². The highest BCUT2D eigenvalue weighted by Gasteiger charge is 2.10. The third-order valence-electron chi connectivity index (χ3n) is 5.03. The Morgan fingerprint density at radius 2 is 1.93 bits per heavy atom. The number of ether oxygens (including phenoxy) is 1. The van der Waals surface area contributed by atoms with Crippen molar-refractivity contribution in [1.29, 1.82) is 0 Å². The first kappa shape index (κ1) is 20.4. The maximum atomic E-state index is 12.5. The number of hydrogen-bond acceptors (Lipinski definition) is 6. The van der Waals surface area contributed by atoms with Crippen LogP contribution in [0.3, 0.4) is 0 Å². The molecule has 3 aromatic heterocycles. The summed E-state index contributed by atoms with van der Waals surface area (Å²) < 4.78 is 7.20. The molecule has 4 heterocycles. The van der Waals surface area contributed by atoms with Gasteiger partial charge in [-0.05, 0) is 56.3 Å². The van der Waals surface area contributed by atoms with Crippen LogP contribution in [-0.4, -0.2) is 45.6 Å². The minimum atomic E-state index is -0.187. The van der Waals surface area contributed by atoms with Crippen LogP contribution in [0.25, 0.3) is 5.69 Å². The van der Waals surface area contributed by atoms with E-state index in [2.05, 4.69) is 20.2 Å². The molecule has 1 aliphatic rings. The number of halogens is 1. The fourth-order valence-electron chi connectivity index (χ4n) is 3.39. The summed E-state index contributed by atoms with van der Waals surface area (Å²) in [6, 6.07) is 10.5. The zero-order valence-corrected chi connectivity index (χ0v) is 17.4. The van der Waals surface area contributed by atoms with Gasteiger partial charge in [0.25, 0.3) is 5.56 Å². The van der Waals surface area contributed by atoms with Gasteiger partial charge in [-0.3, -0.25) is 14.3 Å². The third-order valence-corrected chi connectivity index (χ3v) is 5.25. The van der Waals surface area contributed by atoms with Gasteiger partial charge in [-0.2, -0.15) is 0 Å². The van der Waals surface area contributed by atoms with Crippen molar-refractivity contribution >= 4 is 17.4 Å². The number of nitrogens with one attached hydrogen (secondary N) is 1. The number of rotatable bonds is 8. The molecule has 1 aliphatic heterocycles. The summed E-state index contributed by atoms with van der Waals surface area (Å²) >= 11 is 5.83. The molecule has 0 amide bonds. The van der Waals surface area contributed by atoms with Crippen molar-refractivity contribution in [3.63, 3.8) is 0 Å². The highest BCUT2D eigenvalue weighted by molar-refractivity contribution is 6.30. The Morgan fingerprint density at radius 3 is 2.63 bits per heavy atom. The molecule has 0 bridgehead atoms. The molecule has 0 saturated carbocycles. The lowest BCUT2D eigenvalue weighted by Crippen LogP contribution is -2.26. The van der Waals surface area contributed by atoms with Crippen LogP contribution in [0.2, 0.25) is 5.02 Å². The Kier molecular flexibility index (Phi) is 6.61. The molecule has 1 saturated heterocycles. The fourth-order valence-corrected chi connectivity index (χ4v) is 3.51. The summed E-state index contributed by atoms with van der Waals surface area (Å²) in [6.45, 7) is 4.52. The molecular weight excluding hydrogens is 402 g/mol. The molecule has 0 atom stereocenters. The predicted molar refractivity (Wildman–Crippen MR) is 118 cm³/mol. The van der Waals surface area contributed by atoms with E-state index in [1.54, 1.807) is 36.8 Å². The first-order chi connectivity index (χ1) is 14.7. The van der Waals surface area contributed by atoms with Crippen molar-refractivity contribution in [3.05, 3.63) is 76.1 Å². The Labute approximate surface area is 180 Å². The van der Waals surface area contributed by atoms with Crippen molar-refractivity contribution in [3.8, 4) is 11.4 Å². The Bertz CT molecular complexity index is 1010. The summed E-state index contributed by atoms with van der Waals surface area (Å²) in [6.07, 6.45) is 7.53. The lowest BCUT2D eigenvalue weighted by atomic mass is 10.3. The van der Waals surface area contributed by atoms with Gasteiger partial charge < -0.3 is 15.0 Å². The minimum Gasteiger partial charge on any atom is -0.487 e. The van der Waals surface area contributed by atoms with Gasteiger partial charge in [0.2, 0.25) is 0 Å². The van der Waals surface area contributed by atoms with Gasteiger partial charge in [-0.1, -0.05) is 11.6 Å². The second-order valence-corrected chi connectivity index (χ2v) is 7.64. The van der Waals surface area contributed by atoms with Crippen molar-refractivity contribution in [2.75, 3.05) is 31.5 Å². The quantitative estimate of drug-likeness (QED) is 0.596. The van der Waals surface area contributed by atoms with E-state index in [4.69, 9.17) is 16.3 Å². The Morgan fingerprint density at radius 1 is 1.07 bits per heavy atom. The second-order valence-electron chi connectivity index (χ2n) is 7.20. The number of nitrogens with zero attached hydrogens (tertiary/aromatic N) is 4. The summed E-state index contributed by atoms with van der Waals surface area (Å²) in [7, 11) is 0. The molecule has 0 radical (unpaired) electrons. The molecule has 3 aromatic rings. The molecule has 0 aliphatic carbocycles. The van der Waals surface area contributed by atoms with Gasteiger partial charge in [0.15, 0.2) is 0 Å². The summed E-state index contributed by atoms with van der Waals surface area (Å²) in [5.74, 6) is 1.29. The fraction of sp³-hybridized carbons (Fsp3) is 0.318. The van der Waals surface area contributed by atoms with E-state index in [9.17, 15) is 4.79 Å². The van der Waals surface area contributed by atoms with Crippen LogP contribution in [0.5, 0.6) is 5.75 Å². The average Bonchev–Trinajstić information content (AvgIpc) is 3.28. The lowest BCUT2D eigenvalue weighted by Gasteiger charge is -2.15. The summed E-state index contributed by atoms with van der Waals surface area (Å²) in [5, 5.41) is 3.91. The third kappa shape index (κ3) is 5.37. The molecule has 30 heavy (non-hydrogen) atoms. The number of aromatic nitrogens is 3. The number of pyridine rings is 3. The summed E-state index contributed by atoms with van der Waals surface area (Å²) in [5.41, 5.74) is 1.25. The minimum absolute atomic E-state index is 0.187.